The molecule has 2 aromatic heterocycles. The Bertz CT molecular complexity index is 751. The molecule has 0 saturated carbocycles. The molecule has 3 rings (SSSR count). The van der Waals surface area contributed by atoms with Crippen LogP contribution in [-0.4, -0.2) is 65.7 Å². The first-order chi connectivity index (χ1) is 10.9. The van der Waals surface area contributed by atoms with Crippen molar-refractivity contribution in [3.8, 4) is 0 Å². The van der Waals surface area contributed by atoms with E-state index < -0.39 is 36.8 Å². The summed E-state index contributed by atoms with van der Waals surface area (Å²) in [5, 5.41) is 30.3. The molecule has 2 aromatic rings. The Kier molecular flexibility index (Phi) is 3.64. The number of anilines is 1. The molecular formula is C12H15N5O6. The molecule has 0 unspecified atom stereocenters. The number of hydrogen-bond donors (Lipinski definition) is 4. The van der Waals surface area contributed by atoms with Gasteiger partial charge in [0.25, 0.3) is 5.91 Å². The van der Waals surface area contributed by atoms with Crippen LogP contribution >= 0.6 is 0 Å². The normalized spacial score (nSPS) is 30.7. The van der Waals surface area contributed by atoms with E-state index in [1.165, 1.54) is 6.33 Å². The van der Waals surface area contributed by atoms with E-state index >= 15 is 0 Å². The zero-order valence-corrected chi connectivity index (χ0v) is 12.0. The van der Waals surface area contributed by atoms with E-state index in [0.717, 1.165) is 17.8 Å². The lowest BCUT2D eigenvalue weighted by molar-refractivity contribution is -0.290. The number of nitrogens with zero attached hydrogens (tertiary/aromatic N) is 4. The van der Waals surface area contributed by atoms with E-state index in [0.29, 0.717) is 0 Å². The highest BCUT2D eigenvalue weighted by molar-refractivity contribution is 5.81. The standard InChI is InChI=1S/C12H15N5O6/c1-5(19)22-9-8(20)6(2-18)23-12(9,21)17-4-16-7-10(13)14-3-15-11(7)17/h3-4,6,8-9,18,20-21H,2H2,1H3,(H2,13,14,15)/t6-,8-,9-,12-/m1/s1. The monoisotopic (exact) mass is 325 g/mol. The van der Waals surface area contributed by atoms with Crippen LogP contribution in [0.5, 0.6) is 0 Å². The van der Waals surface area contributed by atoms with E-state index in [1.807, 2.05) is 0 Å². The van der Waals surface area contributed by atoms with E-state index in [1.54, 1.807) is 0 Å². The predicted molar refractivity (Wildman–Crippen MR) is 73.4 cm³/mol. The summed E-state index contributed by atoms with van der Waals surface area (Å²) in [5.74, 6) is -2.97. The Hall–Kier alpha value is -2.34. The maximum absolute atomic E-state index is 11.3. The van der Waals surface area contributed by atoms with E-state index in [2.05, 4.69) is 15.0 Å². The summed E-state index contributed by atoms with van der Waals surface area (Å²) >= 11 is 0. The highest BCUT2D eigenvalue weighted by Crippen LogP contribution is 2.37. The maximum atomic E-state index is 11.3. The molecule has 0 aromatic carbocycles. The molecule has 1 aliphatic heterocycles. The van der Waals surface area contributed by atoms with Crippen molar-refractivity contribution < 1.29 is 29.6 Å². The zero-order valence-electron chi connectivity index (χ0n) is 12.0. The van der Waals surface area contributed by atoms with Gasteiger partial charge in [-0.1, -0.05) is 0 Å². The van der Waals surface area contributed by atoms with Crippen molar-refractivity contribution in [2.75, 3.05) is 12.3 Å². The predicted octanol–water partition coefficient (Wildman–Crippen LogP) is -2.31. The Labute approximate surface area is 129 Å². The maximum Gasteiger partial charge on any atom is 0.303 e. The summed E-state index contributed by atoms with van der Waals surface area (Å²) in [7, 11) is 0. The molecule has 0 aliphatic carbocycles. The Morgan fingerprint density at radius 3 is 2.91 bits per heavy atom. The number of fused-ring (bicyclic) bond motifs is 1. The summed E-state index contributed by atoms with van der Waals surface area (Å²) < 4.78 is 11.4. The summed E-state index contributed by atoms with van der Waals surface area (Å²) in [4.78, 5) is 23.0. The number of ether oxygens (including phenoxy) is 2. The first-order valence-corrected chi connectivity index (χ1v) is 6.68. The van der Waals surface area contributed by atoms with E-state index in [4.69, 9.17) is 15.2 Å². The molecule has 3 heterocycles. The number of nitrogens with two attached hydrogens (primary N) is 1. The molecule has 23 heavy (non-hydrogen) atoms. The first kappa shape index (κ1) is 15.6. The molecule has 0 bridgehead atoms. The highest BCUT2D eigenvalue weighted by atomic mass is 16.7. The number of carbonyl (C=O) groups excluding carboxylic acids is 1. The highest BCUT2D eigenvalue weighted by Gasteiger charge is 2.58. The minimum atomic E-state index is -2.31. The minimum absolute atomic E-state index is 0.0821. The average Bonchev–Trinajstić information content (AvgIpc) is 3.03. The smallest absolute Gasteiger partial charge is 0.303 e. The van der Waals surface area contributed by atoms with Gasteiger partial charge in [0.15, 0.2) is 11.5 Å². The lowest BCUT2D eigenvalue weighted by atomic mass is 10.1. The van der Waals surface area contributed by atoms with Crippen molar-refractivity contribution in [3.63, 3.8) is 0 Å². The molecule has 124 valence electrons. The van der Waals surface area contributed by atoms with Gasteiger partial charge in [0.1, 0.15) is 30.4 Å². The largest absolute Gasteiger partial charge is 0.452 e. The molecular weight excluding hydrogens is 310 g/mol. The van der Waals surface area contributed by atoms with Crippen LogP contribution in [0.25, 0.3) is 11.2 Å². The van der Waals surface area contributed by atoms with Gasteiger partial charge in [0, 0.05) is 6.92 Å². The van der Waals surface area contributed by atoms with Crippen LogP contribution in [0.2, 0.25) is 0 Å². The van der Waals surface area contributed by atoms with Crippen molar-refractivity contribution in [1.82, 2.24) is 19.5 Å². The van der Waals surface area contributed by atoms with Crippen LogP contribution in [0.4, 0.5) is 5.82 Å². The minimum Gasteiger partial charge on any atom is -0.452 e. The molecule has 1 saturated heterocycles. The quantitative estimate of drug-likeness (QED) is 0.450. The Morgan fingerprint density at radius 2 is 2.26 bits per heavy atom. The number of rotatable bonds is 3. The molecule has 4 atom stereocenters. The molecule has 11 heteroatoms. The third kappa shape index (κ3) is 2.30. The Morgan fingerprint density at radius 1 is 1.52 bits per heavy atom. The lowest BCUT2D eigenvalue weighted by Gasteiger charge is -2.29. The van der Waals surface area contributed by atoms with Crippen LogP contribution in [0.3, 0.4) is 0 Å². The number of imidazole rings is 1. The number of aromatic nitrogens is 4. The van der Waals surface area contributed by atoms with Crippen LogP contribution in [0, 0.1) is 0 Å². The molecule has 11 nitrogen and oxygen atoms in total. The molecule has 1 fully saturated rings. The van der Waals surface area contributed by atoms with Crippen LogP contribution in [0.15, 0.2) is 12.7 Å². The second-order valence-electron chi connectivity index (χ2n) is 5.06. The second-order valence-corrected chi connectivity index (χ2v) is 5.06. The molecule has 0 spiro atoms. The fourth-order valence-corrected chi connectivity index (χ4v) is 2.53. The second kappa shape index (κ2) is 5.38. The summed E-state index contributed by atoms with van der Waals surface area (Å²) in [6.07, 6.45) is -1.79. The van der Waals surface area contributed by atoms with Gasteiger partial charge in [0.2, 0.25) is 6.10 Å². The van der Waals surface area contributed by atoms with Gasteiger partial charge < -0.3 is 30.5 Å². The number of aliphatic hydroxyl groups is 3. The fourth-order valence-electron chi connectivity index (χ4n) is 2.53. The molecule has 5 N–H and O–H groups in total. The third-order valence-corrected chi connectivity index (χ3v) is 3.57. The number of aliphatic hydroxyl groups excluding tert-OH is 2. The van der Waals surface area contributed by atoms with Crippen molar-refractivity contribution in [2.45, 2.75) is 31.1 Å². The van der Waals surface area contributed by atoms with Crippen molar-refractivity contribution in [1.29, 1.82) is 0 Å². The fraction of sp³-hybridized carbons (Fsp3) is 0.500. The van der Waals surface area contributed by atoms with Gasteiger partial charge in [-0.05, 0) is 0 Å². The van der Waals surface area contributed by atoms with Crippen LogP contribution < -0.4 is 5.73 Å². The van der Waals surface area contributed by atoms with Gasteiger partial charge in [-0.15, -0.1) is 0 Å². The van der Waals surface area contributed by atoms with Gasteiger partial charge in [-0.2, -0.15) is 0 Å². The lowest BCUT2D eigenvalue weighted by Crippen LogP contribution is -2.47. The molecule has 0 amide bonds. The average molecular weight is 325 g/mol. The number of esters is 1. The van der Waals surface area contributed by atoms with Crippen molar-refractivity contribution in [3.05, 3.63) is 12.7 Å². The topological polar surface area (TPSA) is 166 Å². The number of hydrogen-bond acceptors (Lipinski definition) is 10. The van der Waals surface area contributed by atoms with Gasteiger partial charge in [0.05, 0.1) is 6.61 Å². The van der Waals surface area contributed by atoms with Gasteiger partial charge in [-0.3, -0.25) is 9.36 Å². The van der Waals surface area contributed by atoms with Gasteiger partial charge in [-0.25, -0.2) is 15.0 Å². The number of nitrogen functional groups attached to an aromatic ring is 1. The van der Waals surface area contributed by atoms with Crippen molar-refractivity contribution in [2.24, 2.45) is 0 Å². The van der Waals surface area contributed by atoms with E-state index in [9.17, 15) is 20.1 Å². The molecule has 1 aliphatic rings. The summed E-state index contributed by atoms with van der Waals surface area (Å²) in [6.45, 7) is 0.524. The van der Waals surface area contributed by atoms with Crippen LogP contribution in [-0.2, 0) is 20.2 Å². The zero-order chi connectivity index (χ0) is 16.8. The van der Waals surface area contributed by atoms with Gasteiger partial charge >= 0.3 is 5.97 Å². The summed E-state index contributed by atoms with van der Waals surface area (Å²) in [6, 6.07) is 0. The van der Waals surface area contributed by atoms with E-state index in [-0.39, 0.29) is 17.0 Å². The number of carbonyl (C=O) groups is 1. The summed E-state index contributed by atoms with van der Waals surface area (Å²) in [5.41, 5.74) is 6.00. The van der Waals surface area contributed by atoms with Crippen LogP contribution in [0.1, 0.15) is 6.92 Å². The Balaban J connectivity index is 2.13. The first-order valence-electron chi connectivity index (χ1n) is 6.68. The SMILES string of the molecule is CC(=O)O[C@@H]1[C@H](O)[C@@H](CO)O[C@@]1(O)n1cnc2c(N)ncnc21. The molecule has 0 radical (unpaired) electrons. The third-order valence-electron chi connectivity index (χ3n) is 3.57. The van der Waals surface area contributed by atoms with Crippen molar-refractivity contribution >= 4 is 23.0 Å².